The third-order valence-corrected chi connectivity index (χ3v) is 8.13. The van der Waals surface area contributed by atoms with Gasteiger partial charge in [0.1, 0.15) is 17.3 Å². The summed E-state index contributed by atoms with van der Waals surface area (Å²) in [6.45, 7) is 7.20. The van der Waals surface area contributed by atoms with Gasteiger partial charge < -0.3 is 25.0 Å². The Balaban J connectivity index is 1.25. The number of aryl methyl sites for hydroxylation is 1. The minimum absolute atomic E-state index is 0.334. The summed E-state index contributed by atoms with van der Waals surface area (Å²) in [5.74, 6) is 3.71. The zero-order chi connectivity index (χ0) is 24.4. The molecule has 9 heteroatoms. The summed E-state index contributed by atoms with van der Waals surface area (Å²) in [5, 5.41) is 7.41. The van der Waals surface area contributed by atoms with Crippen molar-refractivity contribution in [1.29, 1.82) is 0 Å². The summed E-state index contributed by atoms with van der Waals surface area (Å²) >= 11 is 6.47. The van der Waals surface area contributed by atoms with E-state index in [4.69, 9.17) is 26.1 Å². The van der Waals surface area contributed by atoms with E-state index in [0.717, 1.165) is 80.2 Å². The topological polar surface area (TPSA) is 74.8 Å². The van der Waals surface area contributed by atoms with Gasteiger partial charge in [-0.1, -0.05) is 0 Å². The third kappa shape index (κ3) is 5.60. The second kappa shape index (κ2) is 10.8. The van der Waals surface area contributed by atoms with E-state index in [9.17, 15) is 0 Å². The first-order chi connectivity index (χ1) is 17.0. The zero-order valence-electron chi connectivity index (χ0n) is 21.0. The van der Waals surface area contributed by atoms with Gasteiger partial charge in [-0.2, -0.15) is 4.98 Å². The number of nitrogens with one attached hydrogen (secondary N) is 2. The van der Waals surface area contributed by atoms with E-state index >= 15 is 0 Å². The second-order valence-electron chi connectivity index (χ2n) is 9.93. The smallest absolute Gasteiger partial charge is 0.229 e. The number of piperazine rings is 1. The fourth-order valence-corrected chi connectivity index (χ4v) is 6.30. The van der Waals surface area contributed by atoms with E-state index in [1.807, 2.05) is 25.1 Å². The van der Waals surface area contributed by atoms with E-state index < -0.39 is 0 Å². The molecular formula is C26H37ClN6O2. The van der Waals surface area contributed by atoms with E-state index in [2.05, 4.69) is 31.5 Å². The molecule has 2 saturated heterocycles. The van der Waals surface area contributed by atoms with E-state index in [0.29, 0.717) is 23.4 Å². The number of aromatic nitrogens is 2. The number of halogens is 1. The molecule has 3 fully saturated rings. The molecule has 1 saturated carbocycles. The SMILES string of the molecule is COc1cc(Nc2nc(C)cc(N3CCN(C4CCNC5CC(Cl)CCC54)CC3)n2)cc(OC)c1. The molecular weight excluding hydrogens is 464 g/mol. The van der Waals surface area contributed by atoms with Gasteiger partial charge in [-0.3, -0.25) is 4.90 Å². The Morgan fingerprint density at radius 3 is 2.43 bits per heavy atom. The first-order valence-electron chi connectivity index (χ1n) is 12.7. The minimum atomic E-state index is 0.334. The molecule has 4 unspecified atom stereocenters. The number of fused-ring (bicyclic) bond motifs is 1. The number of hydrogen-bond donors (Lipinski definition) is 2. The van der Waals surface area contributed by atoms with Gasteiger partial charge in [-0.25, -0.2) is 4.98 Å². The van der Waals surface area contributed by atoms with Crippen LogP contribution in [0.2, 0.25) is 0 Å². The zero-order valence-corrected chi connectivity index (χ0v) is 21.7. The highest BCUT2D eigenvalue weighted by molar-refractivity contribution is 6.20. The Kier molecular flexibility index (Phi) is 7.51. The molecule has 2 N–H and O–H groups in total. The van der Waals surface area contributed by atoms with Crippen LogP contribution < -0.4 is 25.0 Å². The quantitative estimate of drug-likeness (QED) is 0.580. The van der Waals surface area contributed by atoms with Gasteiger partial charge >= 0.3 is 0 Å². The lowest BCUT2D eigenvalue weighted by molar-refractivity contribution is 0.0594. The van der Waals surface area contributed by atoms with Crippen molar-refractivity contribution in [3.05, 3.63) is 30.0 Å². The van der Waals surface area contributed by atoms with E-state index in [1.54, 1.807) is 14.2 Å². The first kappa shape index (κ1) is 24.4. The number of benzene rings is 1. The molecule has 0 radical (unpaired) electrons. The van der Waals surface area contributed by atoms with Gasteiger partial charge in [0.05, 0.1) is 14.2 Å². The number of ether oxygens (including phenoxy) is 2. The molecule has 1 aliphatic carbocycles. The highest BCUT2D eigenvalue weighted by Crippen LogP contribution is 2.36. The number of rotatable bonds is 6. The van der Waals surface area contributed by atoms with Crippen LogP contribution in [0, 0.1) is 12.8 Å². The highest BCUT2D eigenvalue weighted by atomic mass is 35.5. The largest absolute Gasteiger partial charge is 0.497 e. The fraction of sp³-hybridized carbons (Fsp3) is 0.615. The van der Waals surface area contributed by atoms with E-state index in [1.165, 1.54) is 12.8 Å². The molecule has 35 heavy (non-hydrogen) atoms. The van der Waals surface area contributed by atoms with Crippen LogP contribution in [0.25, 0.3) is 0 Å². The standard InChI is InChI=1S/C26H37ClN6O2/c1-17-12-25(31-26(29-17)30-19-14-20(34-2)16-21(15-19)35-3)33-10-8-32(9-11-33)24-6-7-28-23-13-18(27)4-5-22(23)24/h12,14-16,18,22-24,28H,4-11,13H2,1-3H3,(H,29,30,31). The van der Waals surface area contributed by atoms with Gasteiger partial charge in [0.25, 0.3) is 0 Å². The number of methoxy groups -OCH3 is 2. The third-order valence-electron chi connectivity index (χ3n) is 7.74. The molecule has 0 spiro atoms. The van der Waals surface area contributed by atoms with Crippen LogP contribution in [0.15, 0.2) is 24.3 Å². The maximum absolute atomic E-state index is 6.47. The van der Waals surface area contributed by atoms with Crippen molar-refractivity contribution in [2.75, 3.05) is 57.2 Å². The summed E-state index contributed by atoms with van der Waals surface area (Å²) in [6.07, 6.45) is 4.73. The number of anilines is 3. The molecule has 2 aliphatic heterocycles. The maximum atomic E-state index is 6.47. The van der Waals surface area contributed by atoms with Crippen LogP contribution in [0.3, 0.4) is 0 Å². The van der Waals surface area contributed by atoms with Crippen LogP contribution >= 0.6 is 11.6 Å². The number of piperidine rings is 1. The molecule has 2 aromatic rings. The highest BCUT2D eigenvalue weighted by Gasteiger charge is 2.40. The van der Waals surface area contributed by atoms with Crippen molar-refractivity contribution >= 4 is 29.1 Å². The molecule has 190 valence electrons. The lowest BCUT2D eigenvalue weighted by Gasteiger charge is -2.49. The van der Waals surface area contributed by atoms with Crippen molar-refractivity contribution in [3.8, 4) is 11.5 Å². The van der Waals surface area contributed by atoms with Crippen molar-refractivity contribution in [2.45, 2.75) is 50.1 Å². The Bertz CT molecular complexity index is 993. The van der Waals surface area contributed by atoms with Gasteiger partial charge in [-0.05, 0) is 45.1 Å². The Morgan fingerprint density at radius 2 is 1.71 bits per heavy atom. The summed E-state index contributed by atoms with van der Waals surface area (Å²) in [4.78, 5) is 14.6. The van der Waals surface area contributed by atoms with Gasteiger partial charge in [0.15, 0.2) is 0 Å². The Morgan fingerprint density at radius 1 is 0.971 bits per heavy atom. The lowest BCUT2D eigenvalue weighted by Crippen LogP contribution is -2.60. The van der Waals surface area contributed by atoms with Crippen LogP contribution in [-0.2, 0) is 0 Å². The number of hydrogen-bond acceptors (Lipinski definition) is 8. The van der Waals surface area contributed by atoms with Crippen LogP contribution in [0.1, 0.15) is 31.4 Å². The number of nitrogens with zero attached hydrogens (tertiary/aromatic N) is 4. The molecule has 0 bridgehead atoms. The molecule has 3 aliphatic rings. The van der Waals surface area contributed by atoms with Gasteiger partial charge in [-0.15, -0.1) is 11.6 Å². The van der Waals surface area contributed by atoms with Crippen LogP contribution in [0.4, 0.5) is 17.5 Å². The first-order valence-corrected chi connectivity index (χ1v) is 13.2. The summed E-state index contributed by atoms with van der Waals surface area (Å²) in [7, 11) is 3.29. The predicted octanol–water partition coefficient (Wildman–Crippen LogP) is 3.81. The molecule has 1 aromatic heterocycles. The van der Waals surface area contributed by atoms with Crippen molar-refractivity contribution < 1.29 is 9.47 Å². The normalized spacial score (nSPS) is 27.3. The van der Waals surface area contributed by atoms with Crippen LogP contribution in [-0.4, -0.2) is 79.3 Å². The van der Waals surface area contributed by atoms with Gasteiger partial charge in [0.2, 0.25) is 5.95 Å². The molecule has 4 atom stereocenters. The lowest BCUT2D eigenvalue weighted by atomic mass is 9.75. The fourth-order valence-electron chi connectivity index (χ4n) is 5.98. The maximum Gasteiger partial charge on any atom is 0.229 e. The van der Waals surface area contributed by atoms with E-state index in [-0.39, 0.29) is 0 Å². The average Bonchev–Trinajstić information content (AvgIpc) is 2.87. The molecule has 0 amide bonds. The Hall–Kier alpha value is -2.29. The predicted molar refractivity (Wildman–Crippen MR) is 141 cm³/mol. The molecule has 5 rings (SSSR count). The monoisotopic (exact) mass is 500 g/mol. The summed E-state index contributed by atoms with van der Waals surface area (Å²) in [5.41, 5.74) is 1.77. The summed E-state index contributed by atoms with van der Waals surface area (Å²) < 4.78 is 10.8. The average molecular weight is 501 g/mol. The second-order valence-corrected chi connectivity index (χ2v) is 10.5. The molecule has 3 heterocycles. The summed E-state index contributed by atoms with van der Waals surface area (Å²) in [6, 6.07) is 9.00. The van der Waals surface area contributed by atoms with Crippen molar-refractivity contribution in [2.24, 2.45) is 5.92 Å². The van der Waals surface area contributed by atoms with Crippen LogP contribution in [0.5, 0.6) is 11.5 Å². The van der Waals surface area contributed by atoms with Crippen molar-refractivity contribution in [3.63, 3.8) is 0 Å². The Labute approximate surface area is 213 Å². The minimum Gasteiger partial charge on any atom is -0.497 e. The van der Waals surface area contributed by atoms with Crippen molar-refractivity contribution in [1.82, 2.24) is 20.2 Å². The molecule has 1 aromatic carbocycles. The van der Waals surface area contributed by atoms with Gasteiger partial charge in [0, 0.05) is 79.3 Å². The molecule has 8 nitrogen and oxygen atoms in total. The number of alkyl halides is 1.